The van der Waals surface area contributed by atoms with Crippen molar-refractivity contribution in [3.05, 3.63) is 46.2 Å². The van der Waals surface area contributed by atoms with E-state index in [1.54, 1.807) is 19.4 Å². The Hall–Kier alpha value is -1.79. The van der Waals surface area contributed by atoms with Gasteiger partial charge in [0.1, 0.15) is 9.88 Å². The summed E-state index contributed by atoms with van der Waals surface area (Å²) in [6.07, 6.45) is 8.93. The summed E-state index contributed by atoms with van der Waals surface area (Å²) in [5, 5.41) is 3.70. The molecule has 3 heterocycles. The molecular formula is C16H20N4OS. The molecule has 5 nitrogen and oxygen atoms in total. The quantitative estimate of drug-likeness (QED) is 0.942. The van der Waals surface area contributed by atoms with E-state index in [0.717, 1.165) is 24.5 Å². The summed E-state index contributed by atoms with van der Waals surface area (Å²) in [6, 6.07) is 4.38. The fourth-order valence-electron chi connectivity index (χ4n) is 2.86. The summed E-state index contributed by atoms with van der Waals surface area (Å²) >= 11 is 1.51. The highest BCUT2D eigenvalue weighted by molar-refractivity contribution is 7.13. The van der Waals surface area contributed by atoms with Crippen molar-refractivity contribution in [2.45, 2.75) is 31.8 Å². The van der Waals surface area contributed by atoms with E-state index in [4.69, 9.17) is 0 Å². The van der Waals surface area contributed by atoms with Crippen molar-refractivity contribution in [2.24, 2.45) is 0 Å². The fraction of sp³-hybridized carbons (Fsp3) is 0.438. The van der Waals surface area contributed by atoms with Crippen LogP contribution >= 0.6 is 11.3 Å². The summed E-state index contributed by atoms with van der Waals surface area (Å²) in [5.41, 5.74) is 1.22. The number of amides is 1. The average molecular weight is 316 g/mol. The van der Waals surface area contributed by atoms with Crippen LogP contribution in [0.3, 0.4) is 0 Å². The van der Waals surface area contributed by atoms with Crippen molar-refractivity contribution in [3.63, 3.8) is 0 Å². The smallest absolute Gasteiger partial charge is 0.262 e. The van der Waals surface area contributed by atoms with Crippen molar-refractivity contribution < 1.29 is 4.79 Å². The minimum absolute atomic E-state index is 0.0571. The summed E-state index contributed by atoms with van der Waals surface area (Å²) in [4.78, 5) is 23.6. The van der Waals surface area contributed by atoms with Gasteiger partial charge >= 0.3 is 0 Å². The van der Waals surface area contributed by atoms with Crippen LogP contribution in [0.5, 0.6) is 0 Å². The predicted octanol–water partition coefficient (Wildman–Crippen LogP) is 2.62. The molecule has 1 fully saturated rings. The fourth-order valence-corrected chi connectivity index (χ4v) is 3.89. The molecule has 1 aliphatic rings. The number of nitrogens with one attached hydrogen (secondary N) is 1. The van der Waals surface area contributed by atoms with Gasteiger partial charge in [-0.05, 0) is 31.0 Å². The molecule has 1 N–H and O–H groups in total. The summed E-state index contributed by atoms with van der Waals surface area (Å²) in [7, 11) is 1.65. The molecule has 0 aromatic carbocycles. The second kappa shape index (κ2) is 6.98. The third-order valence-corrected chi connectivity index (χ3v) is 5.08. The standard InChI is InChI=1S/C16H20N4OS/c1-17-15(21)14-10-19-16(22-14)13-6-2-3-8-20(13)11-12-5-4-7-18-9-12/h4-5,7,9-10,13H,2-3,6,8,11H2,1H3,(H,17,21). The number of hydrogen-bond acceptors (Lipinski definition) is 5. The Morgan fingerprint density at radius 2 is 2.36 bits per heavy atom. The molecule has 0 spiro atoms. The zero-order valence-electron chi connectivity index (χ0n) is 12.7. The van der Waals surface area contributed by atoms with Crippen LogP contribution in [0.4, 0.5) is 0 Å². The molecule has 0 saturated carbocycles. The molecule has 0 bridgehead atoms. The lowest BCUT2D eigenvalue weighted by Crippen LogP contribution is -2.32. The number of carbonyl (C=O) groups excluding carboxylic acids is 1. The molecule has 1 saturated heterocycles. The van der Waals surface area contributed by atoms with Crippen LogP contribution in [0.2, 0.25) is 0 Å². The van der Waals surface area contributed by atoms with Gasteiger partial charge in [-0.3, -0.25) is 14.7 Å². The van der Waals surface area contributed by atoms with Crippen molar-refractivity contribution in [1.29, 1.82) is 0 Å². The lowest BCUT2D eigenvalue weighted by molar-refractivity contribution is 0.0967. The number of likely N-dealkylation sites (tertiary alicyclic amines) is 1. The van der Waals surface area contributed by atoms with Gasteiger partial charge in [-0.25, -0.2) is 4.98 Å². The Bertz CT molecular complexity index is 628. The number of hydrogen-bond donors (Lipinski definition) is 1. The number of carbonyl (C=O) groups is 1. The Morgan fingerprint density at radius 1 is 1.45 bits per heavy atom. The van der Waals surface area contributed by atoms with Crippen molar-refractivity contribution in [3.8, 4) is 0 Å². The summed E-state index contributed by atoms with van der Waals surface area (Å²) in [6.45, 7) is 1.95. The van der Waals surface area contributed by atoms with E-state index < -0.39 is 0 Å². The molecule has 1 amide bonds. The summed E-state index contributed by atoms with van der Waals surface area (Å²) < 4.78 is 0. The van der Waals surface area contributed by atoms with Gasteiger partial charge in [-0.15, -0.1) is 11.3 Å². The molecule has 2 aromatic rings. The molecule has 2 aromatic heterocycles. The monoisotopic (exact) mass is 316 g/mol. The van der Waals surface area contributed by atoms with Crippen LogP contribution in [0, 0.1) is 0 Å². The zero-order valence-corrected chi connectivity index (χ0v) is 13.5. The Morgan fingerprint density at radius 3 is 3.14 bits per heavy atom. The molecule has 22 heavy (non-hydrogen) atoms. The second-order valence-corrected chi connectivity index (χ2v) is 6.55. The molecule has 3 rings (SSSR count). The van der Waals surface area contributed by atoms with E-state index in [1.807, 2.05) is 12.3 Å². The molecule has 0 aliphatic carbocycles. The van der Waals surface area contributed by atoms with Gasteiger partial charge in [-0.1, -0.05) is 12.5 Å². The SMILES string of the molecule is CNC(=O)c1cnc(C2CCCCN2Cc2cccnc2)s1. The molecular weight excluding hydrogens is 296 g/mol. The highest BCUT2D eigenvalue weighted by Crippen LogP contribution is 2.34. The first-order chi connectivity index (χ1) is 10.8. The lowest BCUT2D eigenvalue weighted by Gasteiger charge is -2.34. The molecule has 1 aliphatic heterocycles. The summed E-state index contributed by atoms with van der Waals surface area (Å²) in [5.74, 6) is -0.0571. The molecule has 0 radical (unpaired) electrons. The maximum absolute atomic E-state index is 11.7. The van der Waals surface area contributed by atoms with Gasteiger partial charge in [0.2, 0.25) is 0 Å². The first kappa shape index (κ1) is 15.1. The average Bonchev–Trinajstić information content (AvgIpc) is 3.05. The van der Waals surface area contributed by atoms with Gasteiger partial charge in [0, 0.05) is 26.0 Å². The molecule has 1 unspecified atom stereocenters. The van der Waals surface area contributed by atoms with Crippen LogP contribution in [0.25, 0.3) is 0 Å². The lowest BCUT2D eigenvalue weighted by atomic mass is 10.0. The van der Waals surface area contributed by atoms with Crippen LogP contribution in [-0.4, -0.2) is 34.4 Å². The number of pyridine rings is 1. The largest absolute Gasteiger partial charge is 0.354 e. The Labute approximate surface area is 134 Å². The number of nitrogens with zero attached hydrogens (tertiary/aromatic N) is 3. The van der Waals surface area contributed by atoms with E-state index in [2.05, 4.69) is 26.3 Å². The highest BCUT2D eigenvalue weighted by Gasteiger charge is 2.27. The van der Waals surface area contributed by atoms with Crippen LogP contribution < -0.4 is 5.32 Å². The van der Waals surface area contributed by atoms with E-state index in [1.165, 1.54) is 29.7 Å². The van der Waals surface area contributed by atoms with Crippen LogP contribution in [0.1, 0.15) is 45.5 Å². The van der Waals surface area contributed by atoms with Crippen molar-refractivity contribution in [2.75, 3.05) is 13.6 Å². The normalized spacial score (nSPS) is 19.0. The van der Waals surface area contributed by atoms with Crippen LogP contribution in [-0.2, 0) is 6.54 Å². The molecule has 116 valence electrons. The first-order valence-corrected chi connectivity index (χ1v) is 8.40. The number of thiazole rings is 1. The van der Waals surface area contributed by atoms with Gasteiger partial charge in [0.05, 0.1) is 12.2 Å². The zero-order chi connectivity index (χ0) is 15.4. The molecule has 1 atom stereocenters. The second-order valence-electron chi connectivity index (χ2n) is 5.49. The van der Waals surface area contributed by atoms with Crippen molar-refractivity contribution in [1.82, 2.24) is 20.2 Å². The number of aromatic nitrogens is 2. The topological polar surface area (TPSA) is 58.1 Å². The third-order valence-electron chi connectivity index (χ3n) is 3.98. The van der Waals surface area contributed by atoms with E-state index >= 15 is 0 Å². The maximum Gasteiger partial charge on any atom is 0.262 e. The number of piperidine rings is 1. The Kier molecular flexibility index (Phi) is 4.80. The third kappa shape index (κ3) is 3.34. The van der Waals surface area contributed by atoms with Gasteiger partial charge < -0.3 is 5.32 Å². The van der Waals surface area contributed by atoms with Gasteiger partial charge in [-0.2, -0.15) is 0 Å². The highest BCUT2D eigenvalue weighted by atomic mass is 32.1. The van der Waals surface area contributed by atoms with E-state index in [0.29, 0.717) is 10.9 Å². The van der Waals surface area contributed by atoms with Crippen LogP contribution in [0.15, 0.2) is 30.7 Å². The van der Waals surface area contributed by atoms with Crippen molar-refractivity contribution >= 4 is 17.2 Å². The first-order valence-electron chi connectivity index (χ1n) is 7.58. The molecule has 6 heteroatoms. The number of rotatable bonds is 4. The van der Waals surface area contributed by atoms with Gasteiger partial charge in [0.25, 0.3) is 5.91 Å². The minimum Gasteiger partial charge on any atom is -0.354 e. The van der Waals surface area contributed by atoms with E-state index in [-0.39, 0.29) is 5.91 Å². The van der Waals surface area contributed by atoms with E-state index in [9.17, 15) is 4.79 Å². The predicted molar refractivity (Wildman–Crippen MR) is 86.7 cm³/mol. The maximum atomic E-state index is 11.7. The van der Waals surface area contributed by atoms with Gasteiger partial charge in [0.15, 0.2) is 0 Å². The Balaban J connectivity index is 1.77. The minimum atomic E-state index is -0.0571.